The maximum absolute atomic E-state index is 13.7. The van der Waals surface area contributed by atoms with Crippen LogP contribution in [0.2, 0.25) is 10.0 Å². The Balaban J connectivity index is 1.37. The Hall–Kier alpha value is -3.98. The average molecular weight is 572 g/mol. The number of fused-ring (bicyclic) bond motifs is 1. The number of benzene rings is 2. The van der Waals surface area contributed by atoms with Crippen LogP contribution in [0.25, 0.3) is 22.2 Å². The third-order valence-corrected chi connectivity index (χ3v) is 7.77. The van der Waals surface area contributed by atoms with Gasteiger partial charge in [-0.15, -0.1) is 0 Å². The molecule has 0 spiro atoms. The first kappa shape index (κ1) is 26.3. The topological polar surface area (TPSA) is 79.2 Å². The molecular formula is C30H27Cl2N7O. The van der Waals surface area contributed by atoms with Crippen LogP contribution in [0.4, 0.5) is 17.3 Å². The molecule has 1 saturated heterocycles. The molecule has 1 N–H and O–H groups in total. The van der Waals surface area contributed by atoms with Gasteiger partial charge in [0, 0.05) is 80.0 Å². The Morgan fingerprint density at radius 1 is 0.925 bits per heavy atom. The van der Waals surface area contributed by atoms with E-state index in [0.29, 0.717) is 44.7 Å². The minimum Gasteiger partial charge on any atom is -0.369 e. The van der Waals surface area contributed by atoms with Crippen LogP contribution in [-0.4, -0.2) is 57.6 Å². The lowest BCUT2D eigenvalue weighted by atomic mass is 10.1. The maximum atomic E-state index is 13.7. The third-order valence-electron chi connectivity index (χ3n) is 7.14. The standard InChI is InChI=1S/C30H27Cl2N7O/c1-37-13-15-38(16-14-37)22-7-5-21(6-8-22)35-30-34-17-23-28(40)24(27-25(31)3-2-4-26(27)32)19-39(29(23)36-30)18-20-9-11-33-12-10-20/h2-12,17,19H,13-16,18H2,1H3,(H,34,35,36). The first-order valence-electron chi connectivity index (χ1n) is 13.0. The van der Waals surface area contributed by atoms with Crippen LogP contribution in [0.15, 0.2) is 84.2 Å². The van der Waals surface area contributed by atoms with Gasteiger partial charge in [0.15, 0.2) is 0 Å². The van der Waals surface area contributed by atoms with Gasteiger partial charge < -0.3 is 19.7 Å². The first-order chi connectivity index (χ1) is 19.5. The summed E-state index contributed by atoms with van der Waals surface area (Å²) in [4.78, 5) is 31.8. The lowest BCUT2D eigenvalue weighted by Gasteiger charge is -2.34. The van der Waals surface area contributed by atoms with Crippen molar-refractivity contribution in [2.75, 3.05) is 43.4 Å². The Morgan fingerprint density at radius 2 is 1.62 bits per heavy atom. The van der Waals surface area contributed by atoms with Crippen LogP contribution < -0.4 is 15.6 Å². The molecule has 40 heavy (non-hydrogen) atoms. The van der Waals surface area contributed by atoms with Gasteiger partial charge in [-0.05, 0) is 61.1 Å². The number of rotatable bonds is 6. The highest BCUT2D eigenvalue weighted by atomic mass is 35.5. The van der Waals surface area contributed by atoms with Crippen molar-refractivity contribution in [3.63, 3.8) is 0 Å². The number of pyridine rings is 2. The molecule has 5 aromatic rings. The highest BCUT2D eigenvalue weighted by Crippen LogP contribution is 2.34. The number of piperazine rings is 1. The monoisotopic (exact) mass is 571 g/mol. The summed E-state index contributed by atoms with van der Waals surface area (Å²) in [7, 11) is 2.15. The number of nitrogens with zero attached hydrogens (tertiary/aromatic N) is 6. The second-order valence-corrected chi connectivity index (χ2v) is 10.7. The van der Waals surface area contributed by atoms with E-state index in [4.69, 9.17) is 28.2 Å². The fourth-order valence-corrected chi connectivity index (χ4v) is 5.52. The molecule has 0 amide bonds. The van der Waals surface area contributed by atoms with Gasteiger partial charge >= 0.3 is 0 Å². The zero-order chi connectivity index (χ0) is 27.6. The minimum absolute atomic E-state index is 0.237. The summed E-state index contributed by atoms with van der Waals surface area (Å²) in [5.74, 6) is 0.395. The van der Waals surface area contributed by atoms with Crippen molar-refractivity contribution in [3.8, 4) is 11.1 Å². The van der Waals surface area contributed by atoms with E-state index < -0.39 is 0 Å². The molecule has 8 nitrogen and oxygen atoms in total. The van der Waals surface area contributed by atoms with Crippen molar-refractivity contribution in [1.82, 2.24) is 24.4 Å². The van der Waals surface area contributed by atoms with Crippen molar-refractivity contribution >= 4 is 51.6 Å². The van der Waals surface area contributed by atoms with Gasteiger partial charge in [0.1, 0.15) is 5.65 Å². The number of likely N-dealkylation sites (N-methyl/N-ethyl adjacent to an activating group) is 1. The molecule has 0 aliphatic carbocycles. The van der Waals surface area contributed by atoms with E-state index in [1.54, 1.807) is 43.0 Å². The first-order valence-corrected chi connectivity index (χ1v) is 13.8. The summed E-state index contributed by atoms with van der Waals surface area (Å²) >= 11 is 13.0. The Bertz CT molecular complexity index is 1700. The predicted molar refractivity (Wildman–Crippen MR) is 162 cm³/mol. The van der Waals surface area contributed by atoms with E-state index in [1.165, 1.54) is 5.69 Å². The quantitative estimate of drug-likeness (QED) is 0.280. The SMILES string of the molecule is CN1CCN(c2ccc(Nc3ncc4c(=O)c(-c5c(Cl)cccc5Cl)cn(Cc5ccncc5)c4n3)cc2)CC1. The summed E-state index contributed by atoms with van der Waals surface area (Å²) < 4.78 is 1.92. The number of anilines is 3. The fourth-order valence-electron chi connectivity index (χ4n) is 4.92. The molecule has 2 aromatic carbocycles. The second-order valence-electron chi connectivity index (χ2n) is 9.85. The van der Waals surface area contributed by atoms with E-state index in [-0.39, 0.29) is 5.43 Å². The van der Waals surface area contributed by atoms with Crippen molar-refractivity contribution in [1.29, 1.82) is 0 Å². The summed E-state index contributed by atoms with van der Waals surface area (Å²) in [5, 5.41) is 4.47. The normalized spacial score (nSPS) is 14.0. The Morgan fingerprint density at radius 3 is 2.33 bits per heavy atom. The number of aromatic nitrogens is 4. The smallest absolute Gasteiger partial charge is 0.229 e. The van der Waals surface area contributed by atoms with E-state index in [0.717, 1.165) is 37.4 Å². The van der Waals surface area contributed by atoms with Gasteiger partial charge in [-0.3, -0.25) is 9.78 Å². The van der Waals surface area contributed by atoms with Crippen molar-refractivity contribution in [2.24, 2.45) is 0 Å². The minimum atomic E-state index is -0.237. The number of halogens is 2. The Kier molecular flexibility index (Phi) is 7.38. The molecule has 1 aliphatic rings. The highest BCUT2D eigenvalue weighted by molar-refractivity contribution is 6.39. The van der Waals surface area contributed by atoms with E-state index in [1.807, 2.05) is 28.8 Å². The van der Waals surface area contributed by atoms with E-state index in [9.17, 15) is 4.79 Å². The molecule has 0 saturated carbocycles. The molecule has 6 rings (SSSR count). The van der Waals surface area contributed by atoms with Crippen LogP contribution in [0, 0.1) is 0 Å². The molecule has 10 heteroatoms. The molecule has 0 radical (unpaired) electrons. The molecule has 0 unspecified atom stereocenters. The fraction of sp³-hybridized carbons (Fsp3) is 0.200. The average Bonchev–Trinajstić information content (AvgIpc) is 2.96. The molecule has 202 valence electrons. The molecule has 1 fully saturated rings. The van der Waals surface area contributed by atoms with Gasteiger partial charge in [0.2, 0.25) is 11.4 Å². The maximum Gasteiger partial charge on any atom is 0.229 e. The summed E-state index contributed by atoms with van der Waals surface area (Å²) in [6.45, 7) is 4.58. The van der Waals surface area contributed by atoms with Gasteiger partial charge in [0.05, 0.1) is 15.4 Å². The summed E-state index contributed by atoms with van der Waals surface area (Å²) in [5.41, 5.74) is 4.20. The van der Waals surface area contributed by atoms with Gasteiger partial charge in [-0.2, -0.15) is 4.98 Å². The molecule has 0 atom stereocenters. The number of nitrogens with one attached hydrogen (secondary N) is 1. The lowest BCUT2D eigenvalue weighted by molar-refractivity contribution is 0.313. The van der Waals surface area contributed by atoms with Gasteiger partial charge in [-0.25, -0.2) is 4.98 Å². The second kappa shape index (κ2) is 11.3. The van der Waals surface area contributed by atoms with Crippen LogP contribution in [0.1, 0.15) is 5.56 Å². The third kappa shape index (κ3) is 5.38. The van der Waals surface area contributed by atoms with Crippen molar-refractivity contribution in [3.05, 3.63) is 105 Å². The Labute approximate surface area is 241 Å². The van der Waals surface area contributed by atoms with E-state index in [2.05, 4.69) is 44.3 Å². The molecule has 0 bridgehead atoms. The summed E-state index contributed by atoms with van der Waals surface area (Å²) in [6.07, 6.45) is 6.79. The summed E-state index contributed by atoms with van der Waals surface area (Å²) in [6, 6.07) is 17.3. The van der Waals surface area contributed by atoms with Crippen LogP contribution >= 0.6 is 23.2 Å². The number of hydrogen-bond donors (Lipinski definition) is 1. The van der Waals surface area contributed by atoms with Crippen LogP contribution in [-0.2, 0) is 6.54 Å². The lowest BCUT2D eigenvalue weighted by Crippen LogP contribution is -2.44. The largest absolute Gasteiger partial charge is 0.369 e. The zero-order valence-electron chi connectivity index (χ0n) is 21.9. The van der Waals surface area contributed by atoms with E-state index >= 15 is 0 Å². The number of hydrogen-bond acceptors (Lipinski definition) is 7. The van der Waals surface area contributed by atoms with Crippen LogP contribution in [0.3, 0.4) is 0 Å². The van der Waals surface area contributed by atoms with Crippen molar-refractivity contribution < 1.29 is 0 Å². The molecular weight excluding hydrogens is 545 g/mol. The van der Waals surface area contributed by atoms with Gasteiger partial charge in [0.25, 0.3) is 0 Å². The van der Waals surface area contributed by atoms with Crippen LogP contribution in [0.5, 0.6) is 0 Å². The predicted octanol–water partition coefficient (Wildman–Crippen LogP) is 5.70. The zero-order valence-corrected chi connectivity index (χ0v) is 23.4. The van der Waals surface area contributed by atoms with Gasteiger partial charge in [-0.1, -0.05) is 29.3 Å². The molecule has 4 heterocycles. The highest BCUT2D eigenvalue weighted by Gasteiger charge is 2.18. The van der Waals surface area contributed by atoms with Crippen molar-refractivity contribution in [2.45, 2.75) is 6.54 Å². The molecule has 1 aliphatic heterocycles. The molecule has 3 aromatic heterocycles.